The molecule has 0 aromatic carbocycles. The Bertz CT molecular complexity index is 255. The van der Waals surface area contributed by atoms with Gasteiger partial charge in [0, 0.05) is 25.7 Å². The number of aliphatic hydroxyl groups is 1. The van der Waals surface area contributed by atoms with Gasteiger partial charge < -0.3 is 15.7 Å². The number of aliphatic hydroxyl groups excluding tert-OH is 1. The van der Waals surface area contributed by atoms with Crippen LogP contribution >= 0.6 is 0 Å². The van der Waals surface area contributed by atoms with E-state index in [2.05, 4.69) is 18.7 Å². The fourth-order valence-electron chi connectivity index (χ4n) is 3.57. The van der Waals surface area contributed by atoms with E-state index in [1.165, 1.54) is 19.3 Å². The summed E-state index contributed by atoms with van der Waals surface area (Å²) in [6.07, 6.45) is 5.03. The summed E-state index contributed by atoms with van der Waals surface area (Å²) in [6, 6.07) is 0.337. The van der Waals surface area contributed by atoms with Crippen molar-refractivity contribution in [3.8, 4) is 0 Å². The zero-order valence-corrected chi connectivity index (χ0v) is 11.4. The minimum atomic E-state index is 0.305. The van der Waals surface area contributed by atoms with Crippen LogP contribution in [0.25, 0.3) is 0 Å². The number of hydrogen-bond acceptors (Lipinski definition) is 3. The first-order chi connectivity index (χ1) is 8.03. The van der Waals surface area contributed by atoms with Crippen LogP contribution in [0.1, 0.15) is 39.5 Å². The number of nitrogens with two attached hydrogens (primary N) is 1. The van der Waals surface area contributed by atoms with Gasteiger partial charge in [0.25, 0.3) is 0 Å². The molecule has 0 radical (unpaired) electrons. The van der Waals surface area contributed by atoms with Crippen LogP contribution in [0.2, 0.25) is 0 Å². The lowest BCUT2D eigenvalue weighted by Gasteiger charge is -2.43. The average Bonchev–Trinajstić information content (AvgIpc) is 2.72. The molecule has 3 unspecified atom stereocenters. The molecule has 1 aliphatic carbocycles. The van der Waals surface area contributed by atoms with Crippen molar-refractivity contribution in [3.63, 3.8) is 0 Å². The third-order valence-corrected chi connectivity index (χ3v) is 4.93. The Morgan fingerprint density at radius 3 is 2.76 bits per heavy atom. The first-order valence-electron chi connectivity index (χ1n) is 7.12. The number of likely N-dealkylation sites (tertiary alicyclic amines) is 1. The predicted molar refractivity (Wildman–Crippen MR) is 70.7 cm³/mol. The Labute approximate surface area is 105 Å². The molecule has 17 heavy (non-hydrogen) atoms. The molecule has 3 atom stereocenters. The molecule has 3 nitrogen and oxygen atoms in total. The van der Waals surface area contributed by atoms with Crippen LogP contribution < -0.4 is 5.73 Å². The van der Waals surface area contributed by atoms with E-state index in [0.29, 0.717) is 29.9 Å². The number of nitrogens with zero attached hydrogens (tertiary/aromatic N) is 1. The predicted octanol–water partition coefficient (Wildman–Crippen LogP) is 1.45. The third kappa shape index (κ3) is 3.01. The molecule has 0 bridgehead atoms. The Morgan fingerprint density at radius 2 is 2.12 bits per heavy atom. The van der Waals surface area contributed by atoms with Gasteiger partial charge in [0.2, 0.25) is 0 Å². The van der Waals surface area contributed by atoms with Crippen LogP contribution in [0, 0.1) is 17.3 Å². The average molecular weight is 240 g/mol. The quantitative estimate of drug-likeness (QED) is 0.785. The molecule has 1 saturated carbocycles. The van der Waals surface area contributed by atoms with Crippen molar-refractivity contribution in [2.75, 3.05) is 26.2 Å². The normalized spacial score (nSPS) is 38.5. The molecule has 2 rings (SSSR count). The monoisotopic (exact) mass is 240 g/mol. The van der Waals surface area contributed by atoms with Gasteiger partial charge in [-0.2, -0.15) is 0 Å². The van der Waals surface area contributed by atoms with Gasteiger partial charge in [0.15, 0.2) is 0 Å². The summed E-state index contributed by atoms with van der Waals surface area (Å²) in [5.74, 6) is 1.15. The highest BCUT2D eigenvalue weighted by Crippen LogP contribution is 2.38. The zero-order valence-electron chi connectivity index (χ0n) is 11.4. The molecule has 2 aliphatic rings. The van der Waals surface area contributed by atoms with Gasteiger partial charge in [0.05, 0.1) is 0 Å². The van der Waals surface area contributed by atoms with Crippen molar-refractivity contribution in [1.82, 2.24) is 4.90 Å². The highest BCUT2D eigenvalue weighted by Gasteiger charge is 2.37. The van der Waals surface area contributed by atoms with E-state index < -0.39 is 0 Å². The van der Waals surface area contributed by atoms with Gasteiger partial charge in [0.1, 0.15) is 0 Å². The van der Waals surface area contributed by atoms with Crippen molar-refractivity contribution in [1.29, 1.82) is 0 Å². The van der Waals surface area contributed by atoms with Crippen LogP contribution in [0.3, 0.4) is 0 Å². The van der Waals surface area contributed by atoms with Gasteiger partial charge in [-0.25, -0.2) is 0 Å². The molecular weight excluding hydrogens is 212 g/mol. The summed E-state index contributed by atoms with van der Waals surface area (Å²) in [6.45, 7) is 8.32. The van der Waals surface area contributed by atoms with Gasteiger partial charge in [-0.1, -0.05) is 20.3 Å². The van der Waals surface area contributed by atoms with Crippen molar-refractivity contribution in [2.24, 2.45) is 23.0 Å². The molecule has 2 fully saturated rings. The van der Waals surface area contributed by atoms with Gasteiger partial charge >= 0.3 is 0 Å². The first kappa shape index (κ1) is 13.3. The summed E-state index contributed by atoms with van der Waals surface area (Å²) in [4.78, 5) is 2.51. The van der Waals surface area contributed by atoms with E-state index in [1.807, 2.05) is 0 Å². The largest absolute Gasteiger partial charge is 0.396 e. The van der Waals surface area contributed by atoms with Gasteiger partial charge in [-0.15, -0.1) is 0 Å². The Kier molecular flexibility index (Phi) is 4.11. The number of rotatable bonds is 3. The Hall–Kier alpha value is -0.120. The SMILES string of the molecule is CC1(C)CCCC(CN2CCC(CO)C2)C1N. The van der Waals surface area contributed by atoms with Crippen LogP contribution in [-0.4, -0.2) is 42.3 Å². The lowest BCUT2D eigenvalue weighted by Crippen LogP contribution is -2.50. The number of hydrogen-bond donors (Lipinski definition) is 2. The van der Waals surface area contributed by atoms with E-state index in [0.717, 1.165) is 26.1 Å². The van der Waals surface area contributed by atoms with Crippen LogP contribution in [0.4, 0.5) is 0 Å². The molecule has 1 heterocycles. The van der Waals surface area contributed by atoms with E-state index in [9.17, 15) is 5.11 Å². The van der Waals surface area contributed by atoms with Crippen LogP contribution in [0.5, 0.6) is 0 Å². The van der Waals surface area contributed by atoms with E-state index in [-0.39, 0.29) is 0 Å². The highest BCUT2D eigenvalue weighted by atomic mass is 16.3. The maximum absolute atomic E-state index is 9.17. The summed E-state index contributed by atoms with van der Waals surface area (Å²) in [7, 11) is 0. The maximum Gasteiger partial charge on any atom is 0.0471 e. The van der Waals surface area contributed by atoms with Gasteiger partial charge in [-0.3, -0.25) is 0 Å². The van der Waals surface area contributed by atoms with E-state index in [4.69, 9.17) is 5.73 Å². The van der Waals surface area contributed by atoms with E-state index in [1.54, 1.807) is 0 Å². The summed E-state index contributed by atoms with van der Waals surface area (Å²) >= 11 is 0. The topological polar surface area (TPSA) is 49.5 Å². The fraction of sp³-hybridized carbons (Fsp3) is 1.00. The van der Waals surface area contributed by atoms with Crippen molar-refractivity contribution in [2.45, 2.75) is 45.6 Å². The van der Waals surface area contributed by atoms with Gasteiger partial charge in [-0.05, 0) is 43.1 Å². The molecule has 100 valence electrons. The minimum absolute atomic E-state index is 0.305. The molecule has 3 N–H and O–H groups in total. The first-order valence-corrected chi connectivity index (χ1v) is 7.12. The van der Waals surface area contributed by atoms with Crippen molar-refractivity contribution < 1.29 is 5.11 Å². The second-order valence-corrected chi connectivity index (χ2v) is 6.76. The third-order valence-electron chi connectivity index (χ3n) is 4.93. The molecule has 0 spiro atoms. The lowest BCUT2D eigenvalue weighted by atomic mass is 9.68. The lowest BCUT2D eigenvalue weighted by molar-refractivity contribution is 0.107. The second kappa shape index (κ2) is 5.25. The summed E-state index contributed by atoms with van der Waals surface area (Å²) < 4.78 is 0. The molecule has 3 heteroatoms. The van der Waals surface area contributed by atoms with Crippen molar-refractivity contribution >= 4 is 0 Å². The summed E-state index contributed by atoms with van der Waals surface area (Å²) in [5.41, 5.74) is 6.73. The van der Waals surface area contributed by atoms with Crippen LogP contribution in [0.15, 0.2) is 0 Å². The standard InChI is InChI=1S/C14H28N2O/c1-14(2)6-3-4-12(13(14)15)9-16-7-5-11(8-16)10-17/h11-13,17H,3-10,15H2,1-2H3. The minimum Gasteiger partial charge on any atom is -0.396 e. The smallest absolute Gasteiger partial charge is 0.0471 e. The molecule has 0 aromatic rings. The second-order valence-electron chi connectivity index (χ2n) is 6.76. The fourth-order valence-corrected chi connectivity index (χ4v) is 3.57. The molecule has 0 amide bonds. The van der Waals surface area contributed by atoms with Crippen molar-refractivity contribution in [3.05, 3.63) is 0 Å². The molecule has 1 saturated heterocycles. The molecular formula is C14H28N2O. The Balaban J connectivity index is 1.86. The Morgan fingerprint density at radius 1 is 1.35 bits per heavy atom. The maximum atomic E-state index is 9.17. The molecule has 1 aliphatic heterocycles. The molecule has 0 aromatic heterocycles. The zero-order chi connectivity index (χ0) is 12.5. The summed E-state index contributed by atoms with van der Waals surface area (Å²) in [5, 5.41) is 9.17. The van der Waals surface area contributed by atoms with Crippen LogP contribution in [-0.2, 0) is 0 Å². The highest BCUT2D eigenvalue weighted by molar-refractivity contribution is 4.93. The van der Waals surface area contributed by atoms with E-state index >= 15 is 0 Å².